The van der Waals surface area contributed by atoms with E-state index in [2.05, 4.69) is 76.2 Å². The van der Waals surface area contributed by atoms with E-state index >= 15 is 0 Å². The fourth-order valence-electron chi connectivity index (χ4n) is 3.12. The van der Waals surface area contributed by atoms with Crippen LogP contribution in [0.3, 0.4) is 0 Å². The Labute approximate surface area is 133 Å². The van der Waals surface area contributed by atoms with Gasteiger partial charge in [0.1, 0.15) is 0 Å². The minimum absolute atomic E-state index is 0.618. The molecule has 0 spiro atoms. The number of aryl methyl sites for hydroxylation is 2. The molecule has 1 aromatic heterocycles. The molecule has 0 bridgehead atoms. The molecule has 0 aliphatic carbocycles. The highest BCUT2D eigenvalue weighted by Gasteiger charge is 2.11. The molecule has 0 amide bonds. The second-order valence-electron chi connectivity index (χ2n) is 6.66. The molecule has 0 atom stereocenters. The Bertz CT molecular complexity index is 795. The van der Waals surface area contributed by atoms with Crippen LogP contribution in [0.25, 0.3) is 22.2 Å². The Morgan fingerprint density at radius 1 is 0.909 bits per heavy atom. The number of hydrogen-bond donors (Lipinski definition) is 0. The molecule has 0 radical (unpaired) electrons. The highest BCUT2D eigenvalue weighted by Crippen LogP contribution is 2.29. The van der Waals surface area contributed by atoms with Crippen LogP contribution >= 0.6 is 0 Å². The lowest BCUT2D eigenvalue weighted by molar-refractivity contribution is 0.647. The first-order chi connectivity index (χ1) is 10.5. The number of pyridine rings is 1. The topological polar surface area (TPSA) is 12.9 Å². The van der Waals surface area contributed by atoms with Crippen molar-refractivity contribution in [3.05, 3.63) is 65.2 Å². The summed E-state index contributed by atoms with van der Waals surface area (Å²) >= 11 is 0. The van der Waals surface area contributed by atoms with Gasteiger partial charge in [-0.3, -0.25) is 0 Å². The van der Waals surface area contributed by atoms with Crippen LogP contribution in [0.2, 0.25) is 0 Å². The summed E-state index contributed by atoms with van der Waals surface area (Å²) < 4.78 is 0. The van der Waals surface area contributed by atoms with Crippen LogP contribution in [-0.2, 0) is 6.42 Å². The van der Waals surface area contributed by atoms with Crippen LogP contribution < -0.4 is 0 Å². The molecular formula is C21H23N. The van der Waals surface area contributed by atoms with E-state index in [-0.39, 0.29) is 0 Å². The third-order valence-electron chi connectivity index (χ3n) is 3.93. The molecule has 1 nitrogen and oxygen atoms in total. The van der Waals surface area contributed by atoms with Crippen molar-refractivity contribution < 1.29 is 0 Å². The standard InChI is InChI=1S/C21H23N/c1-14(2)9-18-13-17-7-5-6-8-20(17)22-21(18)19-11-15(3)10-16(4)12-19/h5-8,10-14H,9H2,1-4H3. The van der Waals surface area contributed by atoms with Crippen LogP contribution in [0.4, 0.5) is 0 Å². The van der Waals surface area contributed by atoms with Crippen molar-refractivity contribution in [2.75, 3.05) is 0 Å². The van der Waals surface area contributed by atoms with Gasteiger partial charge in [0.25, 0.3) is 0 Å². The van der Waals surface area contributed by atoms with Gasteiger partial charge in [-0.15, -0.1) is 0 Å². The van der Waals surface area contributed by atoms with E-state index in [4.69, 9.17) is 4.98 Å². The predicted molar refractivity (Wildman–Crippen MR) is 95.2 cm³/mol. The molecule has 22 heavy (non-hydrogen) atoms. The van der Waals surface area contributed by atoms with Crippen molar-refractivity contribution in [3.63, 3.8) is 0 Å². The Balaban J connectivity index is 2.24. The third kappa shape index (κ3) is 3.04. The number of hydrogen-bond acceptors (Lipinski definition) is 1. The van der Waals surface area contributed by atoms with Gasteiger partial charge in [-0.2, -0.15) is 0 Å². The first-order valence-electron chi connectivity index (χ1n) is 8.00. The zero-order chi connectivity index (χ0) is 15.7. The zero-order valence-electron chi connectivity index (χ0n) is 13.9. The molecule has 0 aliphatic rings. The molecule has 0 saturated heterocycles. The number of aromatic nitrogens is 1. The van der Waals surface area contributed by atoms with Gasteiger partial charge >= 0.3 is 0 Å². The molecule has 1 heteroatoms. The molecule has 3 rings (SSSR count). The van der Waals surface area contributed by atoms with Crippen molar-refractivity contribution in [2.24, 2.45) is 5.92 Å². The zero-order valence-corrected chi connectivity index (χ0v) is 13.9. The van der Waals surface area contributed by atoms with Crippen LogP contribution in [0.5, 0.6) is 0 Å². The van der Waals surface area contributed by atoms with E-state index < -0.39 is 0 Å². The minimum Gasteiger partial charge on any atom is -0.248 e. The lowest BCUT2D eigenvalue weighted by Gasteiger charge is -2.14. The first kappa shape index (κ1) is 14.8. The largest absolute Gasteiger partial charge is 0.248 e. The summed E-state index contributed by atoms with van der Waals surface area (Å²) in [7, 11) is 0. The summed E-state index contributed by atoms with van der Waals surface area (Å²) in [4.78, 5) is 4.98. The van der Waals surface area contributed by atoms with E-state index in [1.54, 1.807) is 0 Å². The van der Waals surface area contributed by atoms with Gasteiger partial charge in [0, 0.05) is 10.9 Å². The summed E-state index contributed by atoms with van der Waals surface area (Å²) in [6.07, 6.45) is 1.06. The Kier molecular flexibility index (Phi) is 3.98. The van der Waals surface area contributed by atoms with E-state index in [1.807, 2.05) is 0 Å². The molecule has 0 fully saturated rings. The Morgan fingerprint density at radius 3 is 2.27 bits per heavy atom. The van der Waals surface area contributed by atoms with Crippen molar-refractivity contribution >= 4 is 10.9 Å². The average Bonchev–Trinajstić information content (AvgIpc) is 2.45. The van der Waals surface area contributed by atoms with E-state index in [9.17, 15) is 0 Å². The quantitative estimate of drug-likeness (QED) is 0.601. The molecule has 0 aliphatic heterocycles. The summed E-state index contributed by atoms with van der Waals surface area (Å²) in [5, 5.41) is 1.23. The molecule has 112 valence electrons. The smallest absolute Gasteiger partial charge is 0.0741 e. The maximum atomic E-state index is 4.98. The van der Waals surface area contributed by atoms with Gasteiger partial charge in [-0.1, -0.05) is 49.2 Å². The average molecular weight is 289 g/mol. The van der Waals surface area contributed by atoms with Crippen molar-refractivity contribution in [1.82, 2.24) is 4.98 Å². The normalized spacial score (nSPS) is 11.3. The lowest BCUT2D eigenvalue weighted by Crippen LogP contribution is -2.00. The monoisotopic (exact) mass is 289 g/mol. The number of fused-ring (bicyclic) bond motifs is 1. The van der Waals surface area contributed by atoms with E-state index in [1.165, 1.54) is 27.6 Å². The highest BCUT2D eigenvalue weighted by atomic mass is 14.7. The number of para-hydroxylation sites is 1. The minimum atomic E-state index is 0.618. The van der Waals surface area contributed by atoms with Gasteiger partial charge in [0.05, 0.1) is 11.2 Å². The molecule has 0 N–H and O–H groups in total. The van der Waals surface area contributed by atoms with E-state index in [0.717, 1.165) is 17.6 Å². The Morgan fingerprint density at radius 2 is 1.59 bits per heavy atom. The summed E-state index contributed by atoms with van der Waals surface area (Å²) in [6, 6.07) is 17.4. The lowest BCUT2D eigenvalue weighted by atomic mass is 9.95. The van der Waals surface area contributed by atoms with Gasteiger partial charge in [0.15, 0.2) is 0 Å². The second-order valence-corrected chi connectivity index (χ2v) is 6.66. The van der Waals surface area contributed by atoms with E-state index in [0.29, 0.717) is 5.92 Å². The van der Waals surface area contributed by atoms with Crippen LogP contribution in [0.1, 0.15) is 30.5 Å². The summed E-state index contributed by atoms with van der Waals surface area (Å²) in [5.74, 6) is 0.618. The predicted octanol–water partition coefficient (Wildman–Crippen LogP) is 5.72. The maximum Gasteiger partial charge on any atom is 0.0741 e. The molecular weight excluding hydrogens is 266 g/mol. The van der Waals surface area contributed by atoms with Gasteiger partial charge in [-0.05, 0) is 56.0 Å². The fourth-order valence-corrected chi connectivity index (χ4v) is 3.12. The first-order valence-corrected chi connectivity index (χ1v) is 8.00. The van der Waals surface area contributed by atoms with Gasteiger partial charge in [0.2, 0.25) is 0 Å². The number of rotatable bonds is 3. The number of benzene rings is 2. The fraction of sp³-hybridized carbons (Fsp3) is 0.286. The molecule has 2 aromatic carbocycles. The van der Waals surface area contributed by atoms with Crippen LogP contribution in [0.15, 0.2) is 48.5 Å². The molecule has 0 saturated carbocycles. The SMILES string of the molecule is Cc1cc(C)cc(-c2nc3ccccc3cc2CC(C)C)c1. The highest BCUT2D eigenvalue weighted by molar-refractivity contribution is 5.83. The van der Waals surface area contributed by atoms with Crippen molar-refractivity contribution in [1.29, 1.82) is 0 Å². The maximum absolute atomic E-state index is 4.98. The molecule has 1 heterocycles. The van der Waals surface area contributed by atoms with Gasteiger partial charge < -0.3 is 0 Å². The third-order valence-corrected chi connectivity index (χ3v) is 3.93. The van der Waals surface area contributed by atoms with Crippen molar-refractivity contribution in [3.8, 4) is 11.3 Å². The molecule has 3 aromatic rings. The molecule has 0 unspecified atom stereocenters. The summed E-state index contributed by atoms with van der Waals surface area (Å²) in [5.41, 5.74) is 7.38. The van der Waals surface area contributed by atoms with Crippen LogP contribution in [0, 0.1) is 19.8 Å². The van der Waals surface area contributed by atoms with Crippen molar-refractivity contribution in [2.45, 2.75) is 34.1 Å². The second kappa shape index (κ2) is 5.92. The Hall–Kier alpha value is -2.15. The van der Waals surface area contributed by atoms with Crippen LogP contribution in [-0.4, -0.2) is 4.98 Å². The van der Waals surface area contributed by atoms with Gasteiger partial charge in [-0.25, -0.2) is 4.98 Å². The summed E-state index contributed by atoms with van der Waals surface area (Å²) in [6.45, 7) is 8.83. The number of nitrogens with zero attached hydrogens (tertiary/aromatic N) is 1.